The number of fused-ring (bicyclic) bond motifs is 1. The van der Waals surface area contributed by atoms with Gasteiger partial charge >= 0.3 is 0 Å². The number of aliphatic hydroxyl groups is 1. The lowest BCUT2D eigenvalue weighted by atomic mass is 10.3. The van der Waals surface area contributed by atoms with Crippen molar-refractivity contribution >= 4 is 28.5 Å². The number of aromatic nitrogens is 4. The van der Waals surface area contributed by atoms with Crippen LogP contribution in [0.5, 0.6) is 5.75 Å². The Labute approximate surface area is 168 Å². The highest BCUT2D eigenvalue weighted by atomic mass is 16.5. The van der Waals surface area contributed by atoms with Gasteiger partial charge in [0, 0.05) is 18.3 Å². The van der Waals surface area contributed by atoms with Gasteiger partial charge in [-0.3, -0.25) is 0 Å². The lowest BCUT2D eigenvalue weighted by Gasteiger charge is -2.12. The highest BCUT2D eigenvalue weighted by Crippen LogP contribution is 2.28. The molecule has 0 saturated heterocycles. The number of anilines is 3. The van der Waals surface area contributed by atoms with E-state index >= 15 is 0 Å². The number of rotatable bonds is 7. The van der Waals surface area contributed by atoms with Gasteiger partial charge in [-0.15, -0.1) is 0 Å². The van der Waals surface area contributed by atoms with Crippen LogP contribution < -0.4 is 15.4 Å². The fourth-order valence-corrected chi connectivity index (χ4v) is 2.92. The van der Waals surface area contributed by atoms with E-state index in [-0.39, 0.29) is 0 Å². The molecule has 29 heavy (non-hydrogen) atoms. The van der Waals surface area contributed by atoms with Crippen molar-refractivity contribution in [2.75, 3.05) is 24.3 Å². The Morgan fingerprint density at radius 3 is 2.69 bits per heavy atom. The number of hydrogen-bond acceptors (Lipinski definition) is 7. The van der Waals surface area contributed by atoms with Crippen LogP contribution in [0.25, 0.3) is 16.7 Å². The molecule has 0 amide bonds. The average molecular weight is 390 g/mol. The minimum absolute atomic E-state index is 0.337. The Bertz CT molecular complexity index is 1110. The normalized spacial score (nSPS) is 12.0. The molecule has 8 heteroatoms. The molecule has 1 atom stereocenters. The van der Waals surface area contributed by atoms with Crippen LogP contribution in [0.15, 0.2) is 60.8 Å². The number of para-hydroxylation sites is 1. The Morgan fingerprint density at radius 2 is 1.93 bits per heavy atom. The quantitative estimate of drug-likeness (QED) is 0.445. The molecule has 2 heterocycles. The summed E-state index contributed by atoms with van der Waals surface area (Å²) < 4.78 is 7.07. The second kappa shape index (κ2) is 8.15. The third kappa shape index (κ3) is 4.12. The number of ether oxygens (including phenoxy) is 1. The minimum atomic E-state index is -0.525. The van der Waals surface area contributed by atoms with E-state index in [1.807, 2.05) is 54.6 Å². The summed E-state index contributed by atoms with van der Waals surface area (Å²) in [5.41, 5.74) is 2.39. The van der Waals surface area contributed by atoms with Crippen LogP contribution in [0, 0.1) is 0 Å². The fourth-order valence-electron chi connectivity index (χ4n) is 2.92. The first-order valence-corrected chi connectivity index (χ1v) is 9.28. The van der Waals surface area contributed by atoms with E-state index in [1.165, 1.54) is 0 Å². The number of hydrogen-bond donors (Lipinski definition) is 3. The molecule has 0 unspecified atom stereocenters. The van der Waals surface area contributed by atoms with Gasteiger partial charge in [-0.25, -0.2) is 4.68 Å². The van der Waals surface area contributed by atoms with Crippen LogP contribution in [0.3, 0.4) is 0 Å². The van der Waals surface area contributed by atoms with E-state index < -0.39 is 6.10 Å². The lowest BCUT2D eigenvalue weighted by Crippen LogP contribution is -2.17. The SMILES string of the molecule is COc1cccc(Nc2nc(NC[C@@H](C)O)nc3c2cnn3-c2ccccc2)c1. The molecule has 0 saturated carbocycles. The molecule has 3 N–H and O–H groups in total. The maximum Gasteiger partial charge on any atom is 0.226 e. The van der Waals surface area contributed by atoms with Crippen LogP contribution in [0.1, 0.15) is 6.92 Å². The molecule has 148 valence electrons. The summed E-state index contributed by atoms with van der Waals surface area (Å²) in [7, 11) is 1.63. The summed E-state index contributed by atoms with van der Waals surface area (Å²) >= 11 is 0. The summed E-state index contributed by atoms with van der Waals surface area (Å²) in [6.07, 6.45) is 1.21. The monoisotopic (exact) mass is 390 g/mol. The summed E-state index contributed by atoms with van der Waals surface area (Å²) in [4.78, 5) is 9.21. The molecule has 0 spiro atoms. The Hall–Kier alpha value is -3.65. The third-order valence-electron chi connectivity index (χ3n) is 4.32. The molecule has 0 aliphatic rings. The Morgan fingerprint density at radius 1 is 1.10 bits per heavy atom. The highest BCUT2D eigenvalue weighted by molar-refractivity contribution is 5.90. The molecule has 8 nitrogen and oxygen atoms in total. The maximum atomic E-state index is 9.62. The molecule has 0 aliphatic carbocycles. The summed E-state index contributed by atoms with van der Waals surface area (Å²) in [6.45, 7) is 2.04. The van der Waals surface area contributed by atoms with E-state index in [9.17, 15) is 5.11 Å². The van der Waals surface area contributed by atoms with Crippen molar-refractivity contribution in [1.29, 1.82) is 0 Å². The second-order valence-corrected chi connectivity index (χ2v) is 6.61. The van der Waals surface area contributed by atoms with Crippen LogP contribution in [-0.2, 0) is 0 Å². The van der Waals surface area contributed by atoms with Crippen molar-refractivity contribution in [3.63, 3.8) is 0 Å². The zero-order chi connectivity index (χ0) is 20.2. The zero-order valence-electron chi connectivity index (χ0n) is 16.2. The maximum absolute atomic E-state index is 9.62. The van der Waals surface area contributed by atoms with Gasteiger partial charge in [-0.1, -0.05) is 24.3 Å². The van der Waals surface area contributed by atoms with Crippen LogP contribution in [0.4, 0.5) is 17.5 Å². The van der Waals surface area contributed by atoms with Gasteiger partial charge in [0.1, 0.15) is 11.6 Å². The van der Waals surface area contributed by atoms with E-state index in [2.05, 4.69) is 25.7 Å². The number of aliphatic hydroxyl groups excluding tert-OH is 1. The summed E-state index contributed by atoms with van der Waals surface area (Å²) in [5, 5.41) is 21.3. The standard InChI is InChI=1S/C21H22N6O2/c1-14(28)12-22-21-25-19(24-15-7-6-10-17(11-15)29-2)18-13-23-27(20(18)26-21)16-8-4-3-5-9-16/h3-11,13-14,28H,12H2,1-2H3,(H2,22,24,25,26)/t14-/m1/s1. The number of methoxy groups -OCH3 is 1. The van der Waals surface area contributed by atoms with E-state index in [0.717, 1.165) is 22.5 Å². The topological polar surface area (TPSA) is 97.1 Å². The van der Waals surface area contributed by atoms with Crippen LogP contribution in [0.2, 0.25) is 0 Å². The van der Waals surface area contributed by atoms with Crippen molar-refractivity contribution in [3.8, 4) is 11.4 Å². The van der Waals surface area contributed by atoms with Gasteiger partial charge in [0.25, 0.3) is 0 Å². The first kappa shape index (κ1) is 18.7. The van der Waals surface area contributed by atoms with Crippen molar-refractivity contribution in [1.82, 2.24) is 19.7 Å². The third-order valence-corrected chi connectivity index (χ3v) is 4.32. The molecule has 0 fully saturated rings. The van der Waals surface area contributed by atoms with Crippen molar-refractivity contribution in [2.45, 2.75) is 13.0 Å². The predicted octanol–water partition coefficient (Wildman–Crippen LogP) is 3.36. The number of benzene rings is 2. The van der Waals surface area contributed by atoms with Gasteiger partial charge in [0.2, 0.25) is 5.95 Å². The molecule has 4 aromatic rings. The molecular weight excluding hydrogens is 368 g/mol. The predicted molar refractivity (Wildman–Crippen MR) is 113 cm³/mol. The molecule has 0 radical (unpaired) electrons. The van der Waals surface area contributed by atoms with Gasteiger partial charge in [0.05, 0.1) is 30.5 Å². The summed E-state index contributed by atoms with van der Waals surface area (Å²) in [6, 6.07) is 17.4. The van der Waals surface area contributed by atoms with Gasteiger partial charge in [-0.2, -0.15) is 15.1 Å². The minimum Gasteiger partial charge on any atom is -0.497 e. The van der Waals surface area contributed by atoms with Gasteiger partial charge in [-0.05, 0) is 31.2 Å². The zero-order valence-corrected chi connectivity index (χ0v) is 16.2. The van der Waals surface area contributed by atoms with Gasteiger partial charge in [0.15, 0.2) is 5.65 Å². The lowest BCUT2D eigenvalue weighted by molar-refractivity contribution is 0.208. The van der Waals surface area contributed by atoms with Crippen molar-refractivity contribution in [2.24, 2.45) is 0 Å². The highest BCUT2D eigenvalue weighted by Gasteiger charge is 2.15. The number of nitrogens with zero attached hydrogens (tertiary/aromatic N) is 4. The molecule has 4 rings (SSSR count). The van der Waals surface area contributed by atoms with Crippen molar-refractivity contribution in [3.05, 3.63) is 60.8 Å². The van der Waals surface area contributed by atoms with Gasteiger partial charge < -0.3 is 20.5 Å². The molecule has 2 aromatic carbocycles. The molecular formula is C21H22N6O2. The molecule has 2 aromatic heterocycles. The largest absolute Gasteiger partial charge is 0.497 e. The first-order valence-electron chi connectivity index (χ1n) is 9.28. The number of nitrogens with one attached hydrogen (secondary N) is 2. The molecule has 0 aliphatic heterocycles. The second-order valence-electron chi connectivity index (χ2n) is 6.61. The average Bonchev–Trinajstić information content (AvgIpc) is 3.17. The Kier molecular flexibility index (Phi) is 5.26. The molecule has 0 bridgehead atoms. The van der Waals surface area contributed by atoms with E-state index in [1.54, 1.807) is 24.9 Å². The fraction of sp³-hybridized carbons (Fsp3) is 0.190. The Balaban J connectivity index is 1.80. The first-order chi connectivity index (χ1) is 14.1. The van der Waals surface area contributed by atoms with E-state index in [4.69, 9.17) is 4.74 Å². The van der Waals surface area contributed by atoms with E-state index in [0.29, 0.717) is 24.0 Å². The van der Waals surface area contributed by atoms with Crippen LogP contribution in [-0.4, -0.2) is 44.6 Å². The summed E-state index contributed by atoms with van der Waals surface area (Å²) in [5.74, 6) is 1.76. The smallest absolute Gasteiger partial charge is 0.226 e. The van der Waals surface area contributed by atoms with Crippen LogP contribution >= 0.6 is 0 Å². The van der Waals surface area contributed by atoms with Crippen molar-refractivity contribution < 1.29 is 9.84 Å².